The number of aromatic nitrogens is 2. The van der Waals surface area contributed by atoms with E-state index in [4.69, 9.17) is 4.98 Å². The molecule has 0 aliphatic carbocycles. The Morgan fingerprint density at radius 1 is 0.952 bits per heavy atom. The number of fused-ring (bicyclic) bond motifs is 1. The van der Waals surface area contributed by atoms with Crippen LogP contribution in [0.4, 0.5) is 0 Å². The lowest BCUT2D eigenvalue weighted by Crippen LogP contribution is -2.37. The number of aryl methyl sites for hydroxylation is 2. The minimum Gasteiger partial charge on any atom is -0.478 e. The fourth-order valence-electron chi connectivity index (χ4n) is 5.38. The van der Waals surface area contributed by atoms with Gasteiger partial charge in [0, 0.05) is 30.3 Å². The number of nitrogens with zero attached hydrogens (tertiary/aromatic N) is 2. The van der Waals surface area contributed by atoms with Gasteiger partial charge in [0.15, 0.2) is 0 Å². The molecule has 4 aromatic carbocycles. The monoisotopic (exact) mass is 577 g/mol. The fourth-order valence-corrected chi connectivity index (χ4v) is 5.61. The number of imidazole rings is 1. The van der Waals surface area contributed by atoms with Crippen molar-refractivity contribution in [3.63, 3.8) is 0 Å². The van der Waals surface area contributed by atoms with E-state index in [1.54, 1.807) is 12.1 Å². The quantitative estimate of drug-likeness (QED) is 0.148. The van der Waals surface area contributed by atoms with Gasteiger partial charge in [-0.2, -0.15) is 12.6 Å². The van der Waals surface area contributed by atoms with Gasteiger partial charge in [-0.3, -0.25) is 4.79 Å². The van der Waals surface area contributed by atoms with Gasteiger partial charge in [-0.25, -0.2) is 9.78 Å². The van der Waals surface area contributed by atoms with E-state index in [1.165, 1.54) is 0 Å². The van der Waals surface area contributed by atoms with Gasteiger partial charge in [-0.05, 0) is 65.8 Å². The van der Waals surface area contributed by atoms with Gasteiger partial charge in [-0.15, -0.1) is 0 Å². The molecule has 5 rings (SSSR count). The molecule has 0 spiro atoms. The van der Waals surface area contributed by atoms with Crippen LogP contribution in [0.2, 0.25) is 0 Å². The summed E-state index contributed by atoms with van der Waals surface area (Å²) in [5, 5.41) is 12.8. The second-order valence-corrected chi connectivity index (χ2v) is 11.0. The molecule has 1 aromatic heterocycles. The van der Waals surface area contributed by atoms with Gasteiger partial charge >= 0.3 is 5.97 Å². The normalized spacial score (nSPS) is 11.9. The van der Waals surface area contributed by atoms with E-state index in [-0.39, 0.29) is 17.5 Å². The first-order valence-electron chi connectivity index (χ1n) is 14.2. The second kappa shape index (κ2) is 13.1. The molecule has 1 heterocycles. The minimum absolute atomic E-state index is 0.0930. The number of rotatable bonds is 11. The molecule has 42 heavy (non-hydrogen) atoms. The standard InChI is InChI=1S/C35H35N3O3S/c1-3-9-32-37-33-23(2)18-27(34(39)36-28(22-42)19-24-10-5-4-6-11-24)20-31(33)38(32)21-25-14-16-26(17-15-25)29-12-7-8-13-30(29)35(40)41/h4-8,10-18,20,28,42H,3,9,19,21-22H2,1-2H3,(H,36,39)(H,40,41). The number of nitrogens with one attached hydrogen (secondary N) is 1. The number of carbonyl (C=O) groups is 2. The lowest BCUT2D eigenvalue weighted by molar-refractivity contribution is 0.0697. The van der Waals surface area contributed by atoms with Crippen LogP contribution in [0.1, 0.15) is 56.6 Å². The molecule has 0 radical (unpaired) electrons. The molecule has 1 amide bonds. The van der Waals surface area contributed by atoms with Crippen LogP contribution in [0.3, 0.4) is 0 Å². The molecule has 0 aliphatic rings. The van der Waals surface area contributed by atoms with Crippen molar-refractivity contribution in [1.82, 2.24) is 14.9 Å². The van der Waals surface area contributed by atoms with Gasteiger partial charge in [-0.1, -0.05) is 79.7 Å². The van der Waals surface area contributed by atoms with Gasteiger partial charge in [0.05, 0.1) is 16.6 Å². The van der Waals surface area contributed by atoms with Crippen LogP contribution in [0.5, 0.6) is 0 Å². The average molecular weight is 578 g/mol. The molecule has 214 valence electrons. The number of carbonyl (C=O) groups excluding carboxylic acids is 1. The van der Waals surface area contributed by atoms with Crippen molar-refractivity contribution in [2.24, 2.45) is 0 Å². The number of hydrogen-bond donors (Lipinski definition) is 3. The lowest BCUT2D eigenvalue weighted by atomic mass is 9.98. The minimum atomic E-state index is -0.945. The van der Waals surface area contributed by atoms with E-state index in [0.717, 1.165) is 52.0 Å². The van der Waals surface area contributed by atoms with Crippen LogP contribution in [-0.4, -0.2) is 38.3 Å². The van der Waals surface area contributed by atoms with Gasteiger partial charge in [0.25, 0.3) is 5.91 Å². The van der Waals surface area contributed by atoms with E-state index in [0.29, 0.717) is 29.8 Å². The number of hydrogen-bond acceptors (Lipinski definition) is 4. The summed E-state index contributed by atoms with van der Waals surface area (Å²) < 4.78 is 2.20. The van der Waals surface area contributed by atoms with Crippen LogP contribution in [0.25, 0.3) is 22.2 Å². The highest BCUT2D eigenvalue weighted by atomic mass is 32.1. The third-order valence-corrected chi connectivity index (χ3v) is 7.94. The fraction of sp³-hybridized carbons (Fsp3) is 0.229. The molecule has 7 heteroatoms. The summed E-state index contributed by atoms with van der Waals surface area (Å²) >= 11 is 4.50. The number of carboxylic acids is 1. The van der Waals surface area contributed by atoms with Crippen LogP contribution in [-0.2, 0) is 19.4 Å². The predicted molar refractivity (Wildman–Crippen MR) is 172 cm³/mol. The summed E-state index contributed by atoms with van der Waals surface area (Å²) in [6.07, 6.45) is 2.48. The highest BCUT2D eigenvalue weighted by Crippen LogP contribution is 2.27. The Morgan fingerprint density at radius 3 is 2.36 bits per heavy atom. The maximum absolute atomic E-state index is 13.4. The largest absolute Gasteiger partial charge is 0.478 e. The zero-order chi connectivity index (χ0) is 29.6. The van der Waals surface area contributed by atoms with E-state index in [1.807, 2.05) is 73.7 Å². The van der Waals surface area contributed by atoms with Crippen LogP contribution in [0.15, 0.2) is 91.0 Å². The van der Waals surface area contributed by atoms with Crippen LogP contribution < -0.4 is 5.32 Å². The van der Waals surface area contributed by atoms with Crippen molar-refractivity contribution in [3.05, 3.63) is 125 Å². The zero-order valence-corrected chi connectivity index (χ0v) is 24.8. The van der Waals surface area contributed by atoms with Crippen molar-refractivity contribution in [3.8, 4) is 11.1 Å². The zero-order valence-electron chi connectivity index (χ0n) is 23.9. The Morgan fingerprint density at radius 2 is 1.67 bits per heavy atom. The summed E-state index contributed by atoms with van der Waals surface area (Å²) in [4.78, 5) is 30.1. The van der Waals surface area contributed by atoms with E-state index >= 15 is 0 Å². The molecule has 6 nitrogen and oxygen atoms in total. The Hall–Kier alpha value is -4.36. The SMILES string of the molecule is CCCc1nc2c(C)cc(C(=O)NC(CS)Cc3ccccc3)cc2n1Cc1ccc(-c2ccccc2C(=O)O)cc1. The van der Waals surface area contributed by atoms with Crippen molar-refractivity contribution in [1.29, 1.82) is 0 Å². The molecule has 0 aliphatic heterocycles. The van der Waals surface area contributed by atoms with Crippen LogP contribution in [0, 0.1) is 6.92 Å². The first-order valence-corrected chi connectivity index (χ1v) is 14.9. The lowest BCUT2D eigenvalue weighted by Gasteiger charge is -2.17. The van der Waals surface area contributed by atoms with Crippen molar-refractivity contribution in [2.45, 2.75) is 45.7 Å². The summed E-state index contributed by atoms with van der Waals surface area (Å²) in [5.74, 6) is 0.444. The number of amides is 1. The van der Waals surface area contributed by atoms with Gasteiger partial charge < -0.3 is 15.0 Å². The van der Waals surface area contributed by atoms with Crippen molar-refractivity contribution >= 4 is 35.5 Å². The third-order valence-electron chi connectivity index (χ3n) is 7.50. The summed E-state index contributed by atoms with van der Waals surface area (Å²) in [6.45, 7) is 4.72. The Kier molecular flexibility index (Phi) is 9.08. The summed E-state index contributed by atoms with van der Waals surface area (Å²) in [7, 11) is 0. The summed E-state index contributed by atoms with van der Waals surface area (Å²) in [6, 6.07) is 28.9. The molecule has 1 unspecified atom stereocenters. The molecule has 0 saturated heterocycles. The van der Waals surface area contributed by atoms with Crippen molar-refractivity contribution < 1.29 is 14.7 Å². The molecule has 2 N–H and O–H groups in total. The molecule has 1 atom stereocenters. The maximum atomic E-state index is 13.4. The Bertz CT molecular complexity index is 1710. The van der Waals surface area contributed by atoms with E-state index in [2.05, 4.69) is 41.6 Å². The van der Waals surface area contributed by atoms with E-state index < -0.39 is 5.97 Å². The first kappa shape index (κ1) is 29.1. The Labute approximate surface area is 251 Å². The number of thiol groups is 1. The smallest absolute Gasteiger partial charge is 0.336 e. The van der Waals surface area contributed by atoms with Gasteiger partial charge in [0.2, 0.25) is 0 Å². The Balaban J connectivity index is 1.44. The first-order chi connectivity index (χ1) is 20.4. The maximum Gasteiger partial charge on any atom is 0.336 e. The molecular formula is C35H35N3O3S. The number of aromatic carboxylic acids is 1. The molecule has 0 fully saturated rings. The van der Waals surface area contributed by atoms with Crippen molar-refractivity contribution in [2.75, 3.05) is 5.75 Å². The number of benzene rings is 4. The van der Waals surface area contributed by atoms with E-state index in [9.17, 15) is 14.7 Å². The average Bonchev–Trinajstić information content (AvgIpc) is 3.35. The highest BCUT2D eigenvalue weighted by Gasteiger charge is 2.19. The molecule has 0 saturated carbocycles. The molecular weight excluding hydrogens is 542 g/mol. The highest BCUT2D eigenvalue weighted by molar-refractivity contribution is 7.80. The third kappa shape index (κ3) is 6.42. The number of carboxylic acid groups (broad SMARTS) is 1. The van der Waals surface area contributed by atoms with Gasteiger partial charge in [0.1, 0.15) is 5.82 Å². The molecule has 5 aromatic rings. The molecule has 0 bridgehead atoms. The van der Waals surface area contributed by atoms with Crippen LogP contribution >= 0.6 is 12.6 Å². The topological polar surface area (TPSA) is 84.2 Å². The predicted octanol–water partition coefficient (Wildman–Crippen LogP) is 6.98. The summed E-state index contributed by atoms with van der Waals surface area (Å²) in [5.41, 5.74) is 7.42. The second-order valence-electron chi connectivity index (χ2n) is 10.6.